The Balaban J connectivity index is 1.18. The lowest BCUT2D eigenvalue weighted by Gasteiger charge is -2.29. The first-order valence-corrected chi connectivity index (χ1v) is 18.8. The molecule has 0 radical (unpaired) electrons. The summed E-state index contributed by atoms with van der Waals surface area (Å²) in [6.07, 6.45) is 0. The number of furan rings is 1. The summed E-state index contributed by atoms with van der Waals surface area (Å²) in [5, 5.41) is 6.94. The molecule has 0 fully saturated rings. The quantitative estimate of drug-likeness (QED) is 0.172. The van der Waals surface area contributed by atoms with E-state index in [1.54, 1.807) is 0 Å². The van der Waals surface area contributed by atoms with Crippen LogP contribution < -0.4 is 4.90 Å². The second-order valence-corrected chi connectivity index (χ2v) is 14.1. The predicted octanol–water partition coefficient (Wildman–Crippen LogP) is 14.6. The van der Waals surface area contributed by atoms with Gasteiger partial charge in [0.15, 0.2) is 0 Å². The van der Waals surface area contributed by atoms with E-state index in [1.807, 2.05) is 0 Å². The van der Waals surface area contributed by atoms with Crippen molar-refractivity contribution >= 4 is 71.6 Å². The first-order valence-electron chi connectivity index (χ1n) is 18.8. The molecule has 11 aromatic rings. The average Bonchev–Trinajstić information content (AvgIpc) is 3.82. The van der Waals surface area contributed by atoms with Crippen LogP contribution in [0.25, 0.3) is 82.5 Å². The Morgan fingerprint density at radius 1 is 0.400 bits per heavy atom. The summed E-state index contributed by atoms with van der Waals surface area (Å²) in [5.41, 5.74) is 13.2. The molecule has 0 saturated heterocycles. The van der Waals surface area contributed by atoms with Crippen molar-refractivity contribution in [1.82, 2.24) is 4.57 Å². The summed E-state index contributed by atoms with van der Waals surface area (Å²) in [7, 11) is 0. The van der Waals surface area contributed by atoms with Crippen molar-refractivity contribution in [3.8, 4) is 27.9 Å². The van der Waals surface area contributed by atoms with Crippen LogP contribution in [-0.2, 0) is 0 Å². The molecule has 3 heteroatoms. The van der Waals surface area contributed by atoms with Crippen LogP contribution in [0.4, 0.5) is 17.1 Å². The third-order valence-corrected chi connectivity index (χ3v) is 11.0. The summed E-state index contributed by atoms with van der Waals surface area (Å²) in [5.74, 6) is 0. The Morgan fingerprint density at radius 3 is 1.95 bits per heavy atom. The van der Waals surface area contributed by atoms with Crippen molar-refractivity contribution in [3.05, 3.63) is 206 Å². The fourth-order valence-electron chi connectivity index (χ4n) is 8.59. The highest BCUT2D eigenvalue weighted by Crippen LogP contribution is 2.48. The highest BCUT2D eigenvalue weighted by atomic mass is 16.3. The van der Waals surface area contributed by atoms with E-state index in [4.69, 9.17) is 4.42 Å². The van der Waals surface area contributed by atoms with E-state index in [1.165, 1.54) is 27.4 Å². The van der Waals surface area contributed by atoms with Crippen molar-refractivity contribution < 1.29 is 4.42 Å². The van der Waals surface area contributed by atoms with Gasteiger partial charge >= 0.3 is 0 Å². The average molecular weight is 703 g/mol. The van der Waals surface area contributed by atoms with Gasteiger partial charge < -0.3 is 13.9 Å². The van der Waals surface area contributed by atoms with E-state index >= 15 is 0 Å². The Hall–Kier alpha value is -7.36. The van der Waals surface area contributed by atoms with Crippen LogP contribution in [0.5, 0.6) is 0 Å². The first kappa shape index (κ1) is 31.2. The Labute approximate surface area is 318 Å². The summed E-state index contributed by atoms with van der Waals surface area (Å²) in [6.45, 7) is 0. The molecule has 0 aliphatic heterocycles. The monoisotopic (exact) mass is 702 g/mol. The van der Waals surface area contributed by atoms with Crippen molar-refractivity contribution in [1.29, 1.82) is 0 Å². The molecule has 2 heterocycles. The SMILES string of the molecule is c1ccc(-c2ccccc2N(c2cccc(-c3cccc4c3c3ccccc3n4-c3ccccc3)c2)c2cccc3oc4c5ccccc5ccc4c23)cc1. The molecule has 0 aliphatic carbocycles. The Morgan fingerprint density at radius 2 is 1.05 bits per heavy atom. The standard InChI is InChI=1S/C52H34N2O/c1-3-16-35(17-4-1)40-23-9-11-27-45(40)54(48-30-15-31-49-51(48)44-33-32-36-18-7-8-24-42(36)52(44)55-49)39-22-13-19-37(34-39)41-26-14-29-47-50(41)43-25-10-12-28-46(43)53(47)38-20-5-2-6-21-38/h1-34H. The van der Waals surface area contributed by atoms with Crippen LogP contribution in [0, 0.1) is 0 Å². The molecule has 258 valence electrons. The van der Waals surface area contributed by atoms with E-state index < -0.39 is 0 Å². The highest BCUT2D eigenvalue weighted by Gasteiger charge is 2.23. The number of rotatable bonds is 6. The molecule has 11 rings (SSSR count). The molecule has 0 saturated carbocycles. The third-order valence-electron chi connectivity index (χ3n) is 11.0. The zero-order chi connectivity index (χ0) is 36.3. The second kappa shape index (κ2) is 12.6. The van der Waals surface area contributed by atoms with E-state index in [-0.39, 0.29) is 0 Å². The maximum absolute atomic E-state index is 6.74. The van der Waals surface area contributed by atoms with E-state index in [9.17, 15) is 0 Å². The highest BCUT2D eigenvalue weighted by molar-refractivity contribution is 6.20. The molecule has 0 spiro atoms. The molecule has 0 aliphatic rings. The summed E-state index contributed by atoms with van der Waals surface area (Å²) in [4.78, 5) is 2.42. The van der Waals surface area contributed by atoms with Gasteiger partial charge in [-0.2, -0.15) is 0 Å². The van der Waals surface area contributed by atoms with Gasteiger partial charge in [0.1, 0.15) is 11.2 Å². The fraction of sp³-hybridized carbons (Fsp3) is 0. The zero-order valence-corrected chi connectivity index (χ0v) is 29.9. The van der Waals surface area contributed by atoms with Gasteiger partial charge in [-0.25, -0.2) is 0 Å². The topological polar surface area (TPSA) is 21.3 Å². The van der Waals surface area contributed by atoms with Gasteiger partial charge in [-0.1, -0.05) is 146 Å². The molecule has 55 heavy (non-hydrogen) atoms. The van der Waals surface area contributed by atoms with Gasteiger partial charge in [0.25, 0.3) is 0 Å². The maximum atomic E-state index is 6.74. The molecule has 0 bridgehead atoms. The minimum absolute atomic E-state index is 0.862. The lowest BCUT2D eigenvalue weighted by molar-refractivity contribution is 0.672. The molecule has 0 unspecified atom stereocenters. The summed E-state index contributed by atoms with van der Waals surface area (Å²) < 4.78 is 9.12. The first-order chi connectivity index (χ1) is 27.3. The Kier molecular flexibility index (Phi) is 7.17. The van der Waals surface area contributed by atoms with Gasteiger partial charge in [0.05, 0.1) is 27.8 Å². The third kappa shape index (κ3) is 4.98. The maximum Gasteiger partial charge on any atom is 0.143 e. The second-order valence-electron chi connectivity index (χ2n) is 14.1. The van der Waals surface area contributed by atoms with Crippen molar-refractivity contribution in [2.45, 2.75) is 0 Å². The van der Waals surface area contributed by atoms with Gasteiger partial charge in [-0.15, -0.1) is 0 Å². The molecule has 2 aromatic heterocycles. The van der Waals surface area contributed by atoms with Crippen molar-refractivity contribution in [2.75, 3.05) is 4.90 Å². The van der Waals surface area contributed by atoms with Gasteiger partial charge in [-0.05, 0) is 82.7 Å². The minimum Gasteiger partial charge on any atom is -0.455 e. The number of hydrogen-bond acceptors (Lipinski definition) is 2. The van der Waals surface area contributed by atoms with Crippen LogP contribution in [0.1, 0.15) is 0 Å². The van der Waals surface area contributed by atoms with E-state index in [2.05, 4.69) is 216 Å². The fourth-order valence-corrected chi connectivity index (χ4v) is 8.59. The van der Waals surface area contributed by atoms with Crippen molar-refractivity contribution in [2.24, 2.45) is 0 Å². The van der Waals surface area contributed by atoms with Crippen molar-refractivity contribution in [3.63, 3.8) is 0 Å². The number of anilines is 3. The number of para-hydroxylation sites is 3. The van der Waals surface area contributed by atoms with Crippen LogP contribution >= 0.6 is 0 Å². The van der Waals surface area contributed by atoms with E-state index in [0.29, 0.717) is 0 Å². The number of fused-ring (bicyclic) bond motifs is 8. The predicted molar refractivity (Wildman–Crippen MR) is 231 cm³/mol. The summed E-state index contributed by atoms with van der Waals surface area (Å²) >= 11 is 0. The number of hydrogen-bond donors (Lipinski definition) is 0. The number of nitrogens with zero attached hydrogens (tertiary/aromatic N) is 2. The lowest BCUT2D eigenvalue weighted by Crippen LogP contribution is -2.11. The molecular formula is C52H34N2O. The molecular weight excluding hydrogens is 669 g/mol. The normalized spacial score (nSPS) is 11.6. The number of aromatic nitrogens is 1. The lowest BCUT2D eigenvalue weighted by atomic mass is 9.97. The zero-order valence-electron chi connectivity index (χ0n) is 29.9. The minimum atomic E-state index is 0.862. The summed E-state index contributed by atoms with van der Waals surface area (Å²) in [6, 6.07) is 73.9. The van der Waals surface area contributed by atoms with Gasteiger partial charge in [0.2, 0.25) is 0 Å². The van der Waals surface area contributed by atoms with Crippen LogP contribution in [-0.4, -0.2) is 4.57 Å². The molecule has 0 atom stereocenters. The smallest absolute Gasteiger partial charge is 0.143 e. The molecule has 0 amide bonds. The number of benzene rings is 9. The van der Waals surface area contributed by atoms with E-state index in [0.717, 1.165) is 72.2 Å². The van der Waals surface area contributed by atoms with Gasteiger partial charge in [0, 0.05) is 38.5 Å². The molecule has 0 N–H and O–H groups in total. The largest absolute Gasteiger partial charge is 0.455 e. The van der Waals surface area contributed by atoms with Crippen LogP contribution in [0.2, 0.25) is 0 Å². The molecule has 9 aromatic carbocycles. The van der Waals surface area contributed by atoms with Crippen LogP contribution in [0.3, 0.4) is 0 Å². The van der Waals surface area contributed by atoms with Crippen LogP contribution in [0.15, 0.2) is 211 Å². The Bertz CT molecular complexity index is 3210. The van der Waals surface area contributed by atoms with Gasteiger partial charge in [-0.3, -0.25) is 0 Å². The molecule has 3 nitrogen and oxygen atoms in total.